The van der Waals surface area contributed by atoms with Crippen LogP contribution in [0.2, 0.25) is 0 Å². The summed E-state index contributed by atoms with van der Waals surface area (Å²) in [5.41, 5.74) is 3.09. The van der Waals surface area contributed by atoms with Crippen molar-refractivity contribution in [2.24, 2.45) is 0 Å². The van der Waals surface area contributed by atoms with Crippen LogP contribution in [0.25, 0.3) is 6.08 Å². The third kappa shape index (κ3) is 8.15. The first-order valence-corrected chi connectivity index (χ1v) is 13.8. The minimum Gasteiger partial charge on any atom is -0.325 e. The normalized spacial score (nSPS) is 11.7. The van der Waals surface area contributed by atoms with E-state index in [4.69, 9.17) is 0 Å². The van der Waals surface area contributed by atoms with Crippen molar-refractivity contribution in [2.45, 2.75) is 24.0 Å². The highest BCUT2D eigenvalue weighted by atomic mass is 32.2. The molecule has 0 fully saturated rings. The molecule has 0 aliphatic heterocycles. The summed E-state index contributed by atoms with van der Waals surface area (Å²) in [4.78, 5) is 50.1. The predicted octanol–water partition coefficient (Wildman–Crippen LogP) is 6.43. The molecule has 1 unspecified atom stereocenters. The molecule has 42 heavy (non-hydrogen) atoms. The Morgan fingerprint density at radius 1 is 0.833 bits per heavy atom. The summed E-state index contributed by atoms with van der Waals surface area (Å²) in [6.07, 6.45) is 1.63. The van der Waals surface area contributed by atoms with Gasteiger partial charge < -0.3 is 16.0 Å². The third-order valence-electron chi connectivity index (χ3n) is 6.14. The molecule has 0 radical (unpaired) electrons. The lowest BCUT2D eigenvalue weighted by atomic mass is 10.1. The fraction of sp³-hybridized carbons (Fsp3) is 0.0938. The Bertz CT molecular complexity index is 1640. The van der Waals surface area contributed by atoms with E-state index in [0.29, 0.717) is 16.9 Å². The standard InChI is InChI=1S/C32H28N4O5S/c1-21-9-6-7-12-24(21)19-29(35-31(38)23-10-4-3-5-11-23)32(39)34-26-13-8-14-28(20-26)42-22(2)30(37)33-25-15-17-27(18-16-25)36(40)41/h3-20,22H,1-2H3,(H,33,37)(H,34,39)(H,35,38)/b29-19-. The second kappa shape index (κ2) is 13.9. The summed E-state index contributed by atoms with van der Waals surface area (Å²) in [6.45, 7) is 3.65. The Kier molecular flexibility index (Phi) is 9.85. The zero-order valence-electron chi connectivity index (χ0n) is 22.9. The average molecular weight is 581 g/mol. The number of rotatable bonds is 10. The summed E-state index contributed by atoms with van der Waals surface area (Å²) in [7, 11) is 0. The monoisotopic (exact) mass is 580 g/mol. The fourth-order valence-corrected chi connectivity index (χ4v) is 4.79. The van der Waals surface area contributed by atoms with Crippen LogP contribution in [0, 0.1) is 17.0 Å². The summed E-state index contributed by atoms with van der Waals surface area (Å²) in [5, 5.41) is 18.7. The van der Waals surface area contributed by atoms with Gasteiger partial charge in [0.1, 0.15) is 5.70 Å². The van der Waals surface area contributed by atoms with Crippen molar-refractivity contribution in [1.29, 1.82) is 0 Å². The Morgan fingerprint density at radius 2 is 1.52 bits per heavy atom. The van der Waals surface area contributed by atoms with Crippen molar-refractivity contribution in [3.63, 3.8) is 0 Å². The van der Waals surface area contributed by atoms with E-state index in [1.54, 1.807) is 61.5 Å². The van der Waals surface area contributed by atoms with Crippen LogP contribution in [0.4, 0.5) is 17.1 Å². The van der Waals surface area contributed by atoms with Gasteiger partial charge in [0.2, 0.25) is 5.91 Å². The number of amides is 3. The number of thioether (sulfide) groups is 1. The number of carbonyl (C=O) groups excluding carboxylic acids is 3. The summed E-state index contributed by atoms with van der Waals surface area (Å²) >= 11 is 1.29. The quantitative estimate of drug-likeness (QED) is 0.0857. The molecule has 0 bridgehead atoms. The number of non-ortho nitro benzene ring substituents is 1. The van der Waals surface area contributed by atoms with Gasteiger partial charge in [0.15, 0.2) is 0 Å². The van der Waals surface area contributed by atoms with Gasteiger partial charge in [0.05, 0.1) is 10.2 Å². The molecular formula is C32H28N4O5S. The van der Waals surface area contributed by atoms with Gasteiger partial charge in [-0.05, 0) is 73.5 Å². The van der Waals surface area contributed by atoms with E-state index in [0.717, 1.165) is 16.0 Å². The molecule has 0 saturated carbocycles. The Morgan fingerprint density at radius 3 is 2.21 bits per heavy atom. The van der Waals surface area contributed by atoms with Crippen LogP contribution in [0.3, 0.4) is 0 Å². The maximum Gasteiger partial charge on any atom is 0.272 e. The summed E-state index contributed by atoms with van der Waals surface area (Å²) in [6, 6.07) is 28.8. The number of nitrogens with zero attached hydrogens (tertiary/aromatic N) is 1. The SMILES string of the molecule is Cc1ccccc1/C=C(\NC(=O)c1ccccc1)C(=O)Nc1cccc(SC(C)C(=O)Nc2ccc([N+](=O)[O-])cc2)c1. The summed E-state index contributed by atoms with van der Waals surface area (Å²) in [5.74, 6) is -1.20. The number of nitro groups is 1. The van der Waals surface area contributed by atoms with E-state index in [9.17, 15) is 24.5 Å². The number of aryl methyl sites for hydroxylation is 1. The minimum atomic E-state index is -0.507. The molecule has 9 nitrogen and oxygen atoms in total. The molecule has 0 aliphatic carbocycles. The van der Waals surface area contributed by atoms with Crippen molar-refractivity contribution in [1.82, 2.24) is 5.32 Å². The molecule has 0 heterocycles. The zero-order chi connectivity index (χ0) is 30.1. The van der Waals surface area contributed by atoms with Crippen LogP contribution >= 0.6 is 11.8 Å². The second-order valence-electron chi connectivity index (χ2n) is 9.27. The lowest BCUT2D eigenvalue weighted by molar-refractivity contribution is -0.384. The zero-order valence-corrected chi connectivity index (χ0v) is 23.7. The van der Waals surface area contributed by atoms with Gasteiger partial charge in [-0.15, -0.1) is 11.8 Å². The molecule has 10 heteroatoms. The predicted molar refractivity (Wildman–Crippen MR) is 165 cm³/mol. The van der Waals surface area contributed by atoms with Crippen molar-refractivity contribution >= 4 is 52.6 Å². The van der Waals surface area contributed by atoms with Crippen LogP contribution in [-0.2, 0) is 9.59 Å². The van der Waals surface area contributed by atoms with E-state index in [1.807, 2.05) is 37.3 Å². The van der Waals surface area contributed by atoms with Crippen LogP contribution in [-0.4, -0.2) is 27.9 Å². The van der Waals surface area contributed by atoms with Crippen LogP contribution < -0.4 is 16.0 Å². The molecule has 3 amide bonds. The average Bonchev–Trinajstić information content (AvgIpc) is 2.98. The van der Waals surface area contributed by atoms with E-state index in [2.05, 4.69) is 16.0 Å². The molecule has 0 aromatic heterocycles. The minimum absolute atomic E-state index is 0.0641. The van der Waals surface area contributed by atoms with Gasteiger partial charge in [-0.3, -0.25) is 24.5 Å². The maximum atomic E-state index is 13.4. The Labute approximate surface area is 247 Å². The number of nitro benzene ring substituents is 1. The first kappa shape index (κ1) is 29.8. The van der Waals surface area contributed by atoms with Gasteiger partial charge in [-0.25, -0.2) is 0 Å². The Balaban J connectivity index is 1.46. The van der Waals surface area contributed by atoms with Gasteiger partial charge in [-0.2, -0.15) is 0 Å². The summed E-state index contributed by atoms with van der Waals surface area (Å²) < 4.78 is 0. The van der Waals surface area contributed by atoms with Crippen molar-refractivity contribution in [3.8, 4) is 0 Å². The molecular weight excluding hydrogens is 552 g/mol. The highest BCUT2D eigenvalue weighted by Gasteiger charge is 2.18. The van der Waals surface area contributed by atoms with Gasteiger partial charge in [0, 0.05) is 34.0 Å². The van der Waals surface area contributed by atoms with Crippen molar-refractivity contribution in [3.05, 3.63) is 136 Å². The molecule has 4 rings (SSSR count). The molecule has 212 valence electrons. The highest BCUT2D eigenvalue weighted by Crippen LogP contribution is 2.27. The first-order valence-electron chi connectivity index (χ1n) is 13.0. The molecule has 3 N–H and O–H groups in total. The third-order valence-corrected chi connectivity index (χ3v) is 7.23. The number of benzene rings is 4. The first-order chi connectivity index (χ1) is 20.2. The number of hydrogen-bond acceptors (Lipinski definition) is 6. The number of nitrogens with one attached hydrogen (secondary N) is 3. The second-order valence-corrected chi connectivity index (χ2v) is 10.7. The van der Waals surface area contributed by atoms with Crippen LogP contribution in [0.15, 0.2) is 114 Å². The molecule has 0 spiro atoms. The largest absolute Gasteiger partial charge is 0.325 e. The lowest BCUT2D eigenvalue weighted by Gasteiger charge is -2.14. The van der Waals surface area contributed by atoms with Gasteiger partial charge >= 0.3 is 0 Å². The number of hydrogen-bond donors (Lipinski definition) is 3. The number of anilines is 2. The Hall–Kier alpha value is -5.22. The van der Waals surface area contributed by atoms with Crippen LogP contribution in [0.5, 0.6) is 0 Å². The van der Waals surface area contributed by atoms with Gasteiger partial charge in [0.25, 0.3) is 17.5 Å². The molecule has 4 aromatic rings. The van der Waals surface area contributed by atoms with Crippen LogP contribution in [0.1, 0.15) is 28.4 Å². The smallest absolute Gasteiger partial charge is 0.272 e. The van der Waals surface area contributed by atoms with E-state index in [-0.39, 0.29) is 17.3 Å². The van der Waals surface area contributed by atoms with Crippen molar-refractivity contribution < 1.29 is 19.3 Å². The highest BCUT2D eigenvalue weighted by molar-refractivity contribution is 8.00. The van der Waals surface area contributed by atoms with Gasteiger partial charge in [-0.1, -0.05) is 48.5 Å². The molecule has 0 aliphatic rings. The molecule has 1 atom stereocenters. The lowest BCUT2D eigenvalue weighted by Crippen LogP contribution is -2.30. The molecule has 0 saturated heterocycles. The van der Waals surface area contributed by atoms with Crippen molar-refractivity contribution in [2.75, 3.05) is 10.6 Å². The number of carbonyl (C=O) groups is 3. The fourth-order valence-electron chi connectivity index (χ4n) is 3.86. The maximum absolute atomic E-state index is 13.4. The van der Waals surface area contributed by atoms with E-state index in [1.165, 1.54) is 36.0 Å². The molecule has 4 aromatic carbocycles. The van der Waals surface area contributed by atoms with E-state index >= 15 is 0 Å². The van der Waals surface area contributed by atoms with E-state index < -0.39 is 22.0 Å². The topological polar surface area (TPSA) is 130 Å².